The zero-order chi connectivity index (χ0) is 4.28. The Labute approximate surface area is 36.9 Å². The average Bonchev–Trinajstić information content (AvgIpc) is 1.38. The predicted octanol–water partition coefficient (Wildman–Crippen LogP) is 1.38. The van der Waals surface area contributed by atoms with Gasteiger partial charge in [-0.25, -0.2) is 0 Å². The van der Waals surface area contributed by atoms with E-state index in [4.69, 9.17) is 11.6 Å². The molecule has 31 valence electrons. The second-order valence-corrected chi connectivity index (χ2v) is 1.32. The SMILES string of the molecule is [CH2]OC(C)Cl. The van der Waals surface area contributed by atoms with Crippen molar-refractivity contribution >= 4 is 11.6 Å². The molecule has 1 radical (unpaired) electrons. The zero-order valence-corrected chi connectivity index (χ0v) is 3.83. The highest BCUT2D eigenvalue weighted by Crippen LogP contribution is 1.90. The lowest BCUT2D eigenvalue weighted by Gasteiger charge is -1.91. The molecule has 0 saturated carbocycles. The van der Waals surface area contributed by atoms with Crippen molar-refractivity contribution in [1.82, 2.24) is 0 Å². The fraction of sp³-hybridized carbons (Fsp3) is 0.667. The van der Waals surface area contributed by atoms with Crippen LogP contribution < -0.4 is 0 Å². The van der Waals surface area contributed by atoms with E-state index in [2.05, 4.69) is 11.8 Å². The normalized spacial score (nSPS) is 15.0. The van der Waals surface area contributed by atoms with E-state index in [-0.39, 0.29) is 5.56 Å². The fourth-order valence-corrected chi connectivity index (χ4v) is 0. The van der Waals surface area contributed by atoms with Crippen molar-refractivity contribution in [3.05, 3.63) is 7.11 Å². The molecule has 1 unspecified atom stereocenters. The first-order chi connectivity index (χ1) is 2.27. The largest absolute Gasteiger partial charge is 0.360 e. The summed E-state index contributed by atoms with van der Waals surface area (Å²) >= 11 is 5.18. The molecule has 0 fully saturated rings. The molecule has 0 heterocycles. The van der Waals surface area contributed by atoms with Crippen molar-refractivity contribution in [1.29, 1.82) is 0 Å². The molecule has 0 aliphatic heterocycles. The molecule has 0 rings (SSSR count). The second kappa shape index (κ2) is 2.49. The van der Waals surface area contributed by atoms with Crippen molar-refractivity contribution in [2.24, 2.45) is 0 Å². The average molecular weight is 93.5 g/mol. The number of rotatable bonds is 1. The second-order valence-electron chi connectivity index (χ2n) is 0.710. The first-order valence-corrected chi connectivity index (χ1v) is 1.76. The number of ether oxygens (including phenoxy) is 1. The molecule has 0 bridgehead atoms. The van der Waals surface area contributed by atoms with Gasteiger partial charge in [-0.05, 0) is 6.92 Å². The van der Waals surface area contributed by atoms with Gasteiger partial charge in [0, 0.05) is 0 Å². The van der Waals surface area contributed by atoms with Gasteiger partial charge in [-0.2, -0.15) is 0 Å². The van der Waals surface area contributed by atoms with E-state index >= 15 is 0 Å². The minimum atomic E-state index is -0.255. The van der Waals surface area contributed by atoms with Gasteiger partial charge in [0.15, 0.2) is 0 Å². The van der Waals surface area contributed by atoms with Gasteiger partial charge >= 0.3 is 0 Å². The molecule has 0 saturated heterocycles. The Kier molecular flexibility index (Phi) is 2.61. The molecule has 0 aliphatic carbocycles. The first-order valence-electron chi connectivity index (χ1n) is 1.32. The highest BCUT2D eigenvalue weighted by atomic mass is 35.5. The predicted molar refractivity (Wildman–Crippen MR) is 21.8 cm³/mol. The molecule has 0 aromatic carbocycles. The standard InChI is InChI=1S/C3H6ClO/c1-3(4)5-2/h3H,2H2,1H3. The minimum absolute atomic E-state index is 0.255. The van der Waals surface area contributed by atoms with Crippen molar-refractivity contribution < 1.29 is 4.74 Å². The van der Waals surface area contributed by atoms with Crippen LogP contribution in [0.4, 0.5) is 0 Å². The Balaban J connectivity index is 2.54. The van der Waals surface area contributed by atoms with E-state index in [0.717, 1.165) is 0 Å². The van der Waals surface area contributed by atoms with E-state index in [0.29, 0.717) is 0 Å². The first kappa shape index (κ1) is 5.25. The Morgan fingerprint density at radius 1 is 2.00 bits per heavy atom. The van der Waals surface area contributed by atoms with Gasteiger partial charge in [-0.3, -0.25) is 0 Å². The van der Waals surface area contributed by atoms with Gasteiger partial charge in [-0.1, -0.05) is 11.6 Å². The van der Waals surface area contributed by atoms with E-state index in [1.807, 2.05) is 0 Å². The number of halogens is 1. The molecule has 1 atom stereocenters. The van der Waals surface area contributed by atoms with Crippen LogP contribution in [0, 0.1) is 7.11 Å². The van der Waals surface area contributed by atoms with E-state index in [9.17, 15) is 0 Å². The van der Waals surface area contributed by atoms with Gasteiger partial charge in [0.1, 0.15) is 5.56 Å². The molecule has 0 amide bonds. The third-order valence-electron chi connectivity index (χ3n) is 0.230. The maximum Gasteiger partial charge on any atom is 0.128 e. The van der Waals surface area contributed by atoms with Gasteiger partial charge < -0.3 is 4.74 Å². The Hall–Kier alpha value is 0.250. The quantitative estimate of drug-likeness (QED) is 0.445. The summed E-state index contributed by atoms with van der Waals surface area (Å²) in [5.41, 5.74) is -0.255. The van der Waals surface area contributed by atoms with Crippen LogP contribution in [-0.2, 0) is 4.74 Å². The smallest absolute Gasteiger partial charge is 0.128 e. The molecular formula is C3H6ClO. The van der Waals surface area contributed by atoms with E-state index in [1.54, 1.807) is 6.92 Å². The molecule has 0 N–H and O–H groups in total. The maximum atomic E-state index is 5.18. The lowest BCUT2D eigenvalue weighted by molar-refractivity contribution is 0.225. The maximum absolute atomic E-state index is 5.18. The Bertz CT molecular complexity index is 20.9. The third-order valence-corrected chi connectivity index (χ3v) is 0.356. The molecule has 0 aliphatic rings. The topological polar surface area (TPSA) is 9.23 Å². The van der Waals surface area contributed by atoms with Crippen LogP contribution in [0.5, 0.6) is 0 Å². The van der Waals surface area contributed by atoms with Crippen LogP contribution in [0.3, 0.4) is 0 Å². The van der Waals surface area contributed by atoms with Crippen LogP contribution in [0.2, 0.25) is 0 Å². The molecule has 0 spiro atoms. The molecule has 1 nitrogen and oxygen atoms in total. The Morgan fingerprint density at radius 3 is 2.20 bits per heavy atom. The van der Waals surface area contributed by atoms with Gasteiger partial charge in [0.05, 0.1) is 7.11 Å². The van der Waals surface area contributed by atoms with Crippen LogP contribution in [0.1, 0.15) is 6.92 Å². The summed E-state index contributed by atoms with van der Waals surface area (Å²) in [6, 6.07) is 0. The van der Waals surface area contributed by atoms with Crippen molar-refractivity contribution in [2.45, 2.75) is 12.5 Å². The van der Waals surface area contributed by atoms with E-state index in [1.165, 1.54) is 0 Å². The Morgan fingerprint density at radius 2 is 2.20 bits per heavy atom. The summed E-state index contributed by atoms with van der Waals surface area (Å²) < 4.78 is 4.27. The van der Waals surface area contributed by atoms with E-state index < -0.39 is 0 Å². The highest BCUT2D eigenvalue weighted by Gasteiger charge is 1.82. The molecular weight excluding hydrogens is 87.5 g/mol. The molecule has 0 aromatic rings. The summed E-state index contributed by atoms with van der Waals surface area (Å²) in [5.74, 6) is 0. The lowest BCUT2D eigenvalue weighted by atomic mass is 10.9. The van der Waals surface area contributed by atoms with Crippen LogP contribution in [0.25, 0.3) is 0 Å². The van der Waals surface area contributed by atoms with Crippen molar-refractivity contribution in [2.75, 3.05) is 0 Å². The minimum Gasteiger partial charge on any atom is -0.360 e. The van der Waals surface area contributed by atoms with Crippen molar-refractivity contribution in [3.63, 3.8) is 0 Å². The summed E-state index contributed by atoms with van der Waals surface area (Å²) in [5, 5.41) is 0. The van der Waals surface area contributed by atoms with Gasteiger partial charge in [-0.15, -0.1) is 0 Å². The lowest BCUT2D eigenvalue weighted by Crippen LogP contribution is -1.87. The summed E-state index contributed by atoms with van der Waals surface area (Å²) in [6.07, 6.45) is 0. The van der Waals surface area contributed by atoms with Gasteiger partial charge in [0.25, 0.3) is 0 Å². The highest BCUT2D eigenvalue weighted by molar-refractivity contribution is 6.19. The molecule has 0 aromatic heterocycles. The molecule has 5 heavy (non-hydrogen) atoms. The van der Waals surface area contributed by atoms with Crippen LogP contribution in [-0.4, -0.2) is 5.56 Å². The summed E-state index contributed by atoms with van der Waals surface area (Å²) in [4.78, 5) is 0. The fourth-order valence-electron chi connectivity index (χ4n) is 0. The van der Waals surface area contributed by atoms with Gasteiger partial charge in [0.2, 0.25) is 0 Å². The third kappa shape index (κ3) is 4.25. The summed E-state index contributed by atoms with van der Waals surface area (Å²) in [6.45, 7) is 1.70. The van der Waals surface area contributed by atoms with Crippen LogP contribution >= 0.6 is 11.6 Å². The number of alkyl halides is 1. The number of hydrogen-bond acceptors (Lipinski definition) is 1. The zero-order valence-electron chi connectivity index (χ0n) is 3.07. The van der Waals surface area contributed by atoms with Crippen LogP contribution in [0.15, 0.2) is 0 Å². The summed E-state index contributed by atoms with van der Waals surface area (Å²) in [7, 11) is 3.05. The molecule has 2 heteroatoms. The monoisotopic (exact) mass is 93.0 g/mol. The van der Waals surface area contributed by atoms with Crippen molar-refractivity contribution in [3.8, 4) is 0 Å². The number of hydrogen-bond donors (Lipinski definition) is 0.